The third-order valence-corrected chi connectivity index (χ3v) is 6.88. The van der Waals surface area contributed by atoms with Crippen LogP contribution in [0.5, 0.6) is 0 Å². The van der Waals surface area contributed by atoms with Crippen LogP contribution in [0.15, 0.2) is 48.5 Å². The minimum atomic E-state index is -4.82. The smallest absolute Gasteiger partial charge is 0.380 e. The van der Waals surface area contributed by atoms with Crippen LogP contribution < -0.4 is 5.73 Å². The standard InChI is InChI=1S/C18H24N4O3.C10H8F6O.C2H6/c19-9-4-7-15-18(25)21(11-14-5-2-1-3-6-14)12-16-20(13-23)10-8-17(24)22(15)16;1-17-5-6-2-7(9(11,12)13)4-8(3-6)10(14,15)16;1-2/h1-3,5-6,13,15-16H,4,7-12,19H2;2-4H,5H2,1H3;1-2H3/t15-,16?;;/m0../s1. The van der Waals surface area contributed by atoms with E-state index in [-0.39, 0.29) is 42.6 Å². The largest absolute Gasteiger partial charge is 0.416 e. The third-order valence-electron chi connectivity index (χ3n) is 6.88. The monoisotopic (exact) mass is 632 g/mol. The lowest BCUT2D eigenvalue weighted by Gasteiger charge is -2.51. The van der Waals surface area contributed by atoms with Crippen molar-refractivity contribution in [3.63, 3.8) is 0 Å². The summed E-state index contributed by atoms with van der Waals surface area (Å²) < 4.78 is 78.7. The number of methoxy groups -OCH3 is 1. The van der Waals surface area contributed by atoms with Crippen LogP contribution in [0.3, 0.4) is 0 Å². The Bertz CT molecular complexity index is 1190. The maximum atomic E-state index is 13.0. The molecule has 1 unspecified atom stereocenters. The van der Waals surface area contributed by atoms with Crippen LogP contribution in [0.25, 0.3) is 0 Å². The molecule has 0 spiro atoms. The minimum Gasteiger partial charge on any atom is -0.380 e. The summed E-state index contributed by atoms with van der Waals surface area (Å²) in [5.74, 6) is -0.118. The highest BCUT2D eigenvalue weighted by atomic mass is 19.4. The molecule has 2 heterocycles. The first-order valence-electron chi connectivity index (χ1n) is 14.1. The molecule has 0 radical (unpaired) electrons. The van der Waals surface area contributed by atoms with Crippen LogP contribution in [-0.2, 0) is 44.6 Å². The molecule has 2 aliphatic rings. The zero-order valence-electron chi connectivity index (χ0n) is 24.8. The molecule has 0 aliphatic carbocycles. The third kappa shape index (κ3) is 9.68. The number of rotatable bonds is 8. The van der Waals surface area contributed by atoms with Gasteiger partial charge in [-0.15, -0.1) is 0 Å². The van der Waals surface area contributed by atoms with E-state index in [1.54, 1.807) is 14.7 Å². The summed E-state index contributed by atoms with van der Waals surface area (Å²) in [4.78, 5) is 41.9. The predicted molar refractivity (Wildman–Crippen MR) is 150 cm³/mol. The van der Waals surface area contributed by atoms with Gasteiger partial charge in [-0.1, -0.05) is 44.2 Å². The molecule has 2 aromatic carbocycles. The summed E-state index contributed by atoms with van der Waals surface area (Å²) in [6.45, 7) is 5.38. The molecule has 2 fully saturated rings. The fraction of sp³-hybridized carbons (Fsp3) is 0.500. The van der Waals surface area contributed by atoms with Crippen LogP contribution in [-0.4, -0.2) is 71.9 Å². The Labute approximate surface area is 252 Å². The van der Waals surface area contributed by atoms with Gasteiger partial charge in [0, 0.05) is 26.6 Å². The van der Waals surface area contributed by atoms with Crippen molar-refractivity contribution in [1.29, 1.82) is 0 Å². The normalized spacial score (nSPS) is 18.5. The molecule has 2 saturated heterocycles. The number of ether oxygens (including phenoxy) is 1. The Balaban J connectivity index is 0.000000311. The summed E-state index contributed by atoms with van der Waals surface area (Å²) >= 11 is 0. The molecule has 2 atom stereocenters. The Morgan fingerprint density at radius 3 is 2.05 bits per heavy atom. The summed E-state index contributed by atoms with van der Waals surface area (Å²) in [5.41, 5.74) is 3.80. The highest BCUT2D eigenvalue weighted by molar-refractivity contribution is 5.90. The average molecular weight is 633 g/mol. The van der Waals surface area contributed by atoms with E-state index in [1.807, 2.05) is 44.2 Å². The fourth-order valence-electron chi connectivity index (χ4n) is 4.93. The SMILES string of the molecule is CC.COCc1cc(C(F)(F)F)cc(C(F)(F)F)c1.NCCC[C@H]1C(=O)N(Cc2ccccc2)CC2N(C=O)CCC(=O)N21. The topological polar surface area (TPSA) is 96.2 Å². The van der Waals surface area contributed by atoms with Crippen LogP contribution >= 0.6 is 0 Å². The number of alkyl halides is 6. The Kier molecular flexibility index (Phi) is 13.6. The average Bonchev–Trinajstić information content (AvgIpc) is 2.98. The van der Waals surface area contributed by atoms with Gasteiger partial charge >= 0.3 is 12.4 Å². The predicted octanol–water partition coefficient (Wildman–Crippen LogP) is 5.05. The van der Waals surface area contributed by atoms with Gasteiger partial charge < -0.3 is 25.2 Å². The number of nitrogens with zero attached hydrogens (tertiary/aromatic N) is 3. The van der Waals surface area contributed by atoms with Gasteiger partial charge in [-0.05, 0) is 48.7 Å². The summed E-state index contributed by atoms with van der Waals surface area (Å²) in [6, 6.07) is 10.6. The second-order valence-corrected chi connectivity index (χ2v) is 9.87. The Morgan fingerprint density at radius 1 is 0.955 bits per heavy atom. The molecule has 14 heteroatoms. The Morgan fingerprint density at radius 2 is 1.55 bits per heavy atom. The quantitative estimate of drug-likeness (QED) is 0.325. The van der Waals surface area contributed by atoms with Crippen molar-refractivity contribution in [3.8, 4) is 0 Å². The first-order chi connectivity index (χ1) is 20.8. The van der Waals surface area contributed by atoms with Gasteiger partial charge in [0.2, 0.25) is 18.2 Å². The fourth-order valence-corrected chi connectivity index (χ4v) is 4.93. The van der Waals surface area contributed by atoms with E-state index < -0.39 is 29.5 Å². The van der Waals surface area contributed by atoms with Gasteiger partial charge in [-0.2, -0.15) is 26.3 Å². The van der Waals surface area contributed by atoms with Gasteiger partial charge in [0.25, 0.3) is 0 Å². The van der Waals surface area contributed by atoms with E-state index in [9.17, 15) is 40.7 Å². The number of fused-ring (bicyclic) bond motifs is 1. The highest BCUT2D eigenvalue weighted by Gasteiger charge is 2.46. The number of hydrogen-bond donors (Lipinski definition) is 1. The number of carbonyl (C=O) groups excluding carboxylic acids is 3. The molecule has 244 valence electrons. The number of carbonyl (C=O) groups is 3. The lowest BCUT2D eigenvalue weighted by molar-refractivity contribution is -0.172. The van der Waals surface area contributed by atoms with Crippen molar-refractivity contribution in [2.24, 2.45) is 5.73 Å². The van der Waals surface area contributed by atoms with Crippen LogP contribution in [0.1, 0.15) is 55.4 Å². The number of nitrogens with two attached hydrogens (primary N) is 1. The van der Waals surface area contributed by atoms with E-state index in [4.69, 9.17) is 5.73 Å². The Hall–Kier alpha value is -3.65. The minimum absolute atomic E-state index is 0.0576. The first-order valence-corrected chi connectivity index (χ1v) is 14.1. The van der Waals surface area contributed by atoms with Gasteiger partial charge in [-0.25, -0.2) is 0 Å². The molecule has 0 aromatic heterocycles. The molecule has 0 saturated carbocycles. The number of amides is 3. The lowest BCUT2D eigenvalue weighted by atomic mass is 9.99. The second kappa shape index (κ2) is 16.4. The van der Waals surface area contributed by atoms with E-state index in [2.05, 4.69) is 4.74 Å². The number of hydrogen-bond acceptors (Lipinski definition) is 5. The van der Waals surface area contributed by atoms with Crippen molar-refractivity contribution in [2.45, 2.75) is 70.8 Å². The second-order valence-electron chi connectivity index (χ2n) is 9.87. The number of halogens is 6. The van der Waals surface area contributed by atoms with Gasteiger partial charge in [0.05, 0.1) is 24.3 Å². The van der Waals surface area contributed by atoms with Crippen LogP contribution in [0, 0.1) is 0 Å². The van der Waals surface area contributed by atoms with Crippen LogP contribution in [0.4, 0.5) is 26.3 Å². The van der Waals surface area contributed by atoms with E-state index in [1.165, 1.54) is 7.11 Å². The molecule has 2 aliphatic heterocycles. The van der Waals surface area contributed by atoms with Crippen molar-refractivity contribution < 1.29 is 45.5 Å². The van der Waals surface area contributed by atoms with E-state index in [0.29, 0.717) is 51.2 Å². The van der Waals surface area contributed by atoms with Crippen molar-refractivity contribution >= 4 is 18.2 Å². The lowest BCUT2D eigenvalue weighted by Crippen LogP contribution is -2.70. The van der Waals surface area contributed by atoms with Crippen molar-refractivity contribution in [2.75, 3.05) is 26.7 Å². The maximum absolute atomic E-state index is 13.0. The zero-order valence-corrected chi connectivity index (χ0v) is 24.8. The van der Waals surface area contributed by atoms with Gasteiger partial charge in [-0.3, -0.25) is 14.4 Å². The molecule has 2 aromatic rings. The highest BCUT2D eigenvalue weighted by Crippen LogP contribution is 2.36. The molecule has 4 rings (SSSR count). The van der Waals surface area contributed by atoms with Crippen molar-refractivity contribution in [3.05, 3.63) is 70.8 Å². The van der Waals surface area contributed by atoms with Gasteiger partial charge in [0.1, 0.15) is 12.2 Å². The summed E-state index contributed by atoms with van der Waals surface area (Å²) in [7, 11) is 1.19. The summed E-state index contributed by atoms with van der Waals surface area (Å²) in [6.07, 6.45) is -7.79. The van der Waals surface area contributed by atoms with E-state index >= 15 is 0 Å². The number of piperazine rings is 1. The molecule has 2 N–H and O–H groups in total. The molecule has 44 heavy (non-hydrogen) atoms. The van der Waals surface area contributed by atoms with Crippen molar-refractivity contribution in [1.82, 2.24) is 14.7 Å². The van der Waals surface area contributed by atoms with Crippen LogP contribution in [0.2, 0.25) is 0 Å². The molecule has 8 nitrogen and oxygen atoms in total. The first kappa shape index (κ1) is 36.5. The number of benzene rings is 2. The van der Waals surface area contributed by atoms with Gasteiger partial charge in [0.15, 0.2) is 0 Å². The van der Waals surface area contributed by atoms with E-state index in [0.717, 1.165) is 12.0 Å². The molecule has 3 amide bonds. The zero-order chi connectivity index (χ0) is 33.1. The summed E-state index contributed by atoms with van der Waals surface area (Å²) in [5, 5.41) is 0. The molecular weight excluding hydrogens is 594 g/mol. The molecule has 0 bridgehead atoms. The maximum Gasteiger partial charge on any atom is 0.416 e. The molecular formula is C30H38F6N4O4.